The lowest BCUT2D eigenvalue weighted by Gasteiger charge is -2.03. The Kier molecular flexibility index (Phi) is 2.22. The van der Waals surface area contributed by atoms with Crippen molar-refractivity contribution in [2.75, 3.05) is 0 Å². The van der Waals surface area contributed by atoms with Crippen molar-refractivity contribution in [3.63, 3.8) is 0 Å². The van der Waals surface area contributed by atoms with Gasteiger partial charge in [-0.25, -0.2) is 0 Å². The van der Waals surface area contributed by atoms with Gasteiger partial charge in [0.15, 0.2) is 6.29 Å². The largest absolute Gasteiger partial charge is 0.417 e. The molecule has 0 radical (unpaired) electrons. The molecule has 0 aliphatic carbocycles. The fraction of sp³-hybridized carbons (Fsp3) is 0.111. The highest BCUT2D eigenvalue weighted by Gasteiger charge is 2.33. The number of fused-ring (bicyclic) bond motifs is 1. The molecule has 15 heavy (non-hydrogen) atoms. The van der Waals surface area contributed by atoms with Gasteiger partial charge in [0, 0.05) is 21.7 Å². The molecular formula is C9H4F3NOS. The Hall–Kier alpha value is -1.43. The van der Waals surface area contributed by atoms with Gasteiger partial charge in [0.2, 0.25) is 0 Å². The fourth-order valence-corrected chi connectivity index (χ4v) is 2.21. The van der Waals surface area contributed by atoms with Gasteiger partial charge in [0.1, 0.15) is 5.69 Å². The summed E-state index contributed by atoms with van der Waals surface area (Å²) >= 11 is 0.951. The van der Waals surface area contributed by atoms with Gasteiger partial charge in [-0.1, -0.05) is 0 Å². The third-order valence-corrected chi connectivity index (χ3v) is 2.85. The van der Waals surface area contributed by atoms with E-state index in [4.69, 9.17) is 0 Å². The lowest BCUT2D eigenvalue weighted by molar-refractivity contribution is -0.136. The van der Waals surface area contributed by atoms with Crippen molar-refractivity contribution in [1.82, 2.24) is 4.98 Å². The van der Waals surface area contributed by atoms with Gasteiger partial charge in [-0.05, 0) is 6.07 Å². The topological polar surface area (TPSA) is 30.0 Å². The van der Waals surface area contributed by atoms with E-state index in [1.54, 1.807) is 0 Å². The van der Waals surface area contributed by atoms with E-state index >= 15 is 0 Å². The third-order valence-electron chi connectivity index (χ3n) is 1.91. The Labute approximate surface area is 86.4 Å². The molecule has 2 rings (SSSR count). The van der Waals surface area contributed by atoms with E-state index in [0.29, 0.717) is 11.0 Å². The summed E-state index contributed by atoms with van der Waals surface area (Å²) in [4.78, 5) is 14.0. The second-order valence-electron chi connectivity index (χ2n) is 2.87. The van der Waals surface area contributed by atoms with Crippen molar-refractivity contribution < 1.29 is 18.0 Å². The second kappa shape index (κ2) is 3.30. The number of hydrogen-bond donors (Lipinski definition) is 0. The molecule has 78 valence electrons. The van der Waals surface area contributed by atoms with Crippen LogP contribution in [0.1, 0.15) is 16.1 Å². The monoisotopic (exact) mass is 231 g/mol. The van der Waals surface area contributed by atoms with Crippen molar-refractivity contribution in [1.29, 1.82) is 0 Å². The van der Waals surface area contributed by atoms with E-state index in [2.05, 4.69) is 4.98 Å². The van der Waals surface area contributed by atoms with Crippen molar-refractivity contribution in [3.05, 3.63) is 28.9 Å². The van der Waals surface area contributed by atoms with E-state index in [0.717, 1.165) is 22.9 Å². The molecule has 0 saturated carbocycles. The van der Waals surface area contributed by atoms with Crippen LogP contribution in [0.5, 0.6) is 0 Å². The zero-order valence-corrected chi connectivity index (χ0v) is 8.02. The Morgan fingerprint density at radius 3 is 2.73 bits per heavy atom. The number of carbonyl (C=O) groups excluding carboxylic acids is 1. The van der Waals surface area contributed by atoms with Crippen molar-refractivity contribution in [3.8, 4) is 0 Å². The number of thiophene rings is 1. The number of rotatable bonds is 1. The number of aromatic nitrogens is 1. The molecule has 0 saturated heterocycles. The van der Waals surface area contributed by atoms with Crippen LogP contribution in [0.4, 0.5) is 13.2 Å². The van der Waals surface area contributed by atoms with E-state index in [-0.39, 0.29) is 11.1 Å². The Balaban J connectivity index is 2.67. The maximum absolute atomic E-state index is 12.4. The highest BCUT2D eigenvalue weighted by molar-refractivity contribution is 7.17. The van der Waals surface area contributed by atoms with Crippen LogP contribution in [0.3, 0.4) is 0 Å². The molecule has 2 heterocycles. The van der Waals surface area contributed by atoms with E-state index in [1.807, 2.05) is 0 Å². The predicted molar refractivity (Wildman–Crippen MR) is 50.0 cm³/mol. The summed E-state index contributed by atoms with van der Waals surface area (Å²) in [5.41, 5.74) is -0.564. The molecule has 0 spiro atoms. The maximum Gasteiger partial charge on any atom is 0.417 e. The number of carbonyl (C=O) groups is 1. The lowest BCUT2D eigenvalue weighted by atomic mass is 10.2. The summed E-state index contributed by atoms with van der Waals surface area (Å²) in [6.45, 7) is 0. The van der Waals surface area contributed by atoms with E-state index < -0.39 is 11.7 Å². The molecule has 0 N–H and O–H groups in total. The molecule has 0 aromatic carbocycles. The molecule has 0 fully saturated rings. The summed E-state index contributed by atoms with van der Waals surface area (Å²) in [5, 5.41) is 1.07. The standard InChI is InChI=1S/C9H4F3NOS/c10-9(11,12)7-4-15-8-1-5(3-14)13-2-6(7)8/h1-4H. The average molecular weight is 231 g/mol. The van der Waals surface area contributed by atoms with Gasteiger partial charge in [0.05, 0.1) is 5.56 Å². The number of hydrogen-bond acceptors (Lipinski definition) is 3. The minimum Gasteiger partial charge on any atom is -0.296 e. The predicted octanol–water partition coefficient (Wildman–Crippen LogP) is 3.13. The Morgan fingerprint density at radius 2 is 2.13 bits per heavy atom. The van der Waals surface area contributed by atoms with Gasteiger partial charge in [-0.15, -0.1) is 11.3 Å². The van der Waals surface area contributed by atoms with Gasteiger partial charge < -0.3 is 0 Å². The minimum absolute atomic E-state index is 0.0399. The number of aldehydes is 1. The minimum atomic E-state index is -4.37. The average Bonchev–Trinajstić information content (AvgIpc) is 2.59. The van der Waals surface area contributed by atoms with Crippen LogP contribution in [-0.2, 0) is 6.18 Å². The van der Waals surface area contributed by atoms with Crippen LogP contribution in [-0.4, -0.2) is 11.3 Å². The van der Waals surface area contributed by atoms with E-state index in [1.165, 1.54) is 6.07 Å². The summed E-state index contributed by atoms with van der Waals surface area (Å²) in [5.74, 6) is 0. The Morgan fingerprint density at radius 1 is 1.40 bits per heavy atom. The van der Waals surface area contributed by atoms with Crippen molar-refractivity contribution in [2.24, 2.45) is 0 Å². The van der Waals surface area contributed by atoms with Gasteiger partial charge >= 0.3 is 6.18 Å². The molecule has 0 bridgehead atoms. The zero-order chi connectivity index (χ0) is 11.1. The first-order valence-electron chi connectivity index (χ1n) is 3.92. The molecule has 0 aliphatic heterocycles. The van der Waals surface area contributed by atoms with Crippen LogP contribution in [0.15, 0.2) is 17.6 Å². The van der Waals surface area contributed by atoms with Gasteiger partial charge in [-0.2, -0.15) is 13.2 Å². The first kappa shape index (κ1) is 10.1. The molecular weight excluding hydrogens is 227 g/mol. The summed E-state index contributed by atoms with van der Waals surface area (Å²) < 4.78 is 37.7. The summed E-state index contributed by atoms with van der Waals surface area (Å²) in [7, 11) is 0. The van der Waals surface area contributed by atoms with E-state index in [9.17, 15) is 18.0 Å². The van der Waals surface area contributed by atoms with Crippen molar-refractivity contribution in [2.45, 2.75) is 6.18 Å². The number of pyridine rings is 1. The lowest BCUT2D eigenvalue weighted by Crippen LogP contribution is -2.03. The molecule has 0 atom stereocenters. The SMILES string of the molecule is O=Cc1cc2scc(C(F)(F)F)c2cn1. The second-order valence-corrected chi connectivity index (χ2v) is 3.78. The van der Waals surface area contributed by atoms with Crippen LogP contribution in [0.25, 0.3) is 10.1 Å². The quantitative estimate of drug-likeness (QED) is 0.706. The van der Waals surface area contributed by atoms with Crippen LogP contribution < -0.4 is 0 Å². The number of nitrogens with zero attached hydrogens (tertiary/aromatic N) is 1. The molecule has 0 aliphatic rings. The Bertz CT molecular complexity index is 518. The number of halogens is 3. The fourth-order valence-electron chi connectivity index (χ4n) is 1.22. The molecule has 2 aromatic rings. The summed E-state index contributed by atoms with van der Waals surface area (Å²) in [6.07, 6.45) is -2.78. The highest BCUT2D eigenvalue weighted by Crippen LogP contribution is 2.37. The maximum atomic E-state index is 12.4. The zero-order valence-electron chi connectivity index (χ0n) is 7.21. The third kappa shape index (κ3) is 1.72. The van der Waals surface area contributed by atoms with Crippen LogP contribution in [0.2, 0.25) is 0 Å². The smallest absolute Gasteiger partial charge is 0.296 e. The van der Waals surface area contributed by atoms with Gasteiger partial charge in [-0.3, -0.25) is 9.78 Å². The first-order chi connectivity index (χ1) is 7.02. The molecule has 6 heteroatoms. The normalized spacial score (nSPS) is 11.9. The van der Waals surface area contributed by atoms with Crippen molar-refractivity contribution >= 4 is 27.7 Å². The van der Waals surface area contributed by atoms with Crippen LogP contribution >= 0.6 is 11.3 Å². The highest BCUT2D eigenvalue weighted by atomic mass is 32.1. The molecule has 0 amide bonds. The van der Waals surface area contributed by atoms with Gasteiger partial charge in [0.25, 0.3) is 0 Å². The summed E-state index contributed by atoms with van der Waals surface area (Å²) in [6, 6.07) is 1.35. The number of alkyl halides is 3. The molecule has 2 nitrogen and oxygen atoms in total. The molecule has 2 aromatic heterocycles. The molecule has 0 unspecified atom stereocenters. The first-order valence-corrected chi connectivity index (χ1v) is 4.80. The van der Waals surface area contributed by atoms with Crippen LogP contribution in [0, 0.1) is 0 Å².